The summed E-state index contributed by atoms with van der Waals surface area (Å²) in [5, 5.41) is 12.1. The van der Waals surface area contributed by atoms with E-state index in [4.69, 9.17) is 10.6 Å². The SMILES string of the molecule is CCOC(C1CCCCC1)C(Cc1nnn(C)n1)NN. The zero-order valence-corrected chi connectivity index (χ0v) is 12.5. The number of nitrogens with two attached hydrogens (primary N) is 1. The smallest absolute Gasteiger partial charge is 0.176 e. The van der Waals surface area contributed by atoms with Crippen LogP contribution in [-0.4, -0.2) is 39.0 Å². The minimum absolute atomic E-state index is 0.0299. The lowest BCUT2D eigenvalue weighted by atomic mass is 9.82. The van der Waals surface area contributed by atoms with Gasteiger partial charge in [-0.05, 0) is 30.9 Å². The van der Waals surface area contributed by atoms with E-state index in [0.717, 1.165) is 0 Å². The van der Waals surface area contributed by atoms with Crippen LogP contribution in [0.15, 0.2) is 0 Å². The third kappa shape index (κ3) is 3.97. The summed E-state index contributed by atoms with van der Waals surface area (Å²) in [5.74, 6) is 7.03. The van der Waals surface area contributed by atoms with Gasteiger partial charge in [-0.25, -0.2) is 0 Å². The summed E-state index contributed by atoms with van der Waals surface area (Å²) in [6.07, 6.45) is 7.11. The first-order valence-electron chi connectivity index (χ1n) is 7.55. The summed E-state index contributed by atoms with van der Waals surface area (Å²) in [4.78, 5) is 1.47. The minimum atomic E-state index is 0.0299. The Hall–Kier alpha value is -1.05. The van der Waals surface area contributed by atoms with Crippen molar-refractivity contribution in [1.29, 1.82) is 0 Å². The molecule has 1 saturated carbocycles. The molecule has 1 aromatic rings. The summed E-state index contributed by atoms with van der Waals surface area (Å²) in [7, 11) is 1.77. The fraction of sp³-hybridized carbons (Fsp3) is 0.923. The van der Waals surface area contributed by atoms with E-state index < -0.39 is 0 Å². The lowest BCUT2D eigenvalue weighted by molar-refractivity contribution is -0.0179. The van der Waals surface area contributed by atoms with Gasteiger partial charge in [-0.15, -0.1) is 10.2 Å². The second-order valence-electron chi connectivity index (χ2n) is 5.49. The molecule has 1 heterocycles. The molecule has 0 radical (unpaired) electrons. The van der Waals surface area contributed by atoms with Crippen LogP contribution in [0.1, 0.15) is 44.9 Å². The van der Waals surface area contributed by atoms with E-state index in [0.29, 0.717) is 24.8 Å². The molecule has 0 spiro atoms. The molecule has 0 aromatic carbocycles. The summed E-state index contributed by atoms with van der Waals surface area (Å²) in [5.41, 5.74) is 2.90. The molecule has 114 valence electrons. The first-order valence-corrected chi connectivity index (χ1v) is 7.55. The van der Waals surface area contributed by atoms with Gasteiger partial charge in [-0.2, -0.15) is 4.80 Å². The lowest BCUT2D eigenvalue weighted by Crippen LogP contribution is -2.50. The zero-order chi connectivity index (χ0) is 14.4. The highest BCUT2D eigenvalue weighted by Crippen LogP contribution is 2.30. The van der Waals surface area contributed by atoms with Gasteiger partial charge in [-0.3, -0.25) is 11.3 Å². The molecular weight excluding hydrogens is 256 g/mol. The van der Waals surface area contributed by atoms with Crippen LogP contribution in [0.3, 0.4) is 0 Å². The lowest BCUT2D eigenvalue weighted by Gasteiger charge is -2.34. The maximum Gasteiger partial charge on any atom is 0.176 e. The third-order valence-electron chi connectivity index (χ3n) is 4.04. The van der Waals surface area contributed by atoms with E-state index in [1.54, 1.807) is 7.05 Å². The predicted molar refractivity (Wildman–Crippen MR) is 75.6 cm³/mol. The number of aromatic nitrogens is 4. The van der Waals surface area contributed by atoms with Crippen LogP contribution in [0.2, 0.25) is 0 Å². The number of hydrogen-bond acceptors (Lipinski definition) is 6. The molecule has 1 aliphatic rings. The number of nitrogens with one attached hydrogen (secondary N) is 1. The molecule has 1 aliphatic carbocycles. The number of rotatable bonds is 7. The molecule has 7 nitrogen and oxygen atoms in total. The molecule has 0 bridgehead atoms. The first-order chi connectivity index (χ1) is 9.74. The van der Waals surface area contributed by atoms with Crippen LogP contribution in [0.5, 0.6) is 0 Å². The third-order valence-corrected chi connectivity index (χ3v) is 4.04. The van der Waals surface area contributed by atoms with Crippen LogP contribution in [0.25, 0.3) is 0 Å². The van der Waals surface area contributed by atoms with Gasteiger partial charge in [0.25, 0.3) is 0 Å². The van der Waals surface area contributed by atoms with Gasteiger partial charge in [0, 0.05) is 13.0 Å². The van der Waals surface area contributed by atoms with Gasteiger partial charge in [0.05, 0.1) is 19.2 Å². The number of tetrazole rings is 1. The van der Waals surface area contributed by atoms with Crippen molar-refractivity contribution in [3.63, 3.8) is 0 Å². The van der Waals surface area contributed by atoms with E-state index in [9.17, 15) is 0 Å². The van der Waals surface area contributed by atoms with Crippen LogP contribution in [0, 0.1) is 5.92 Å². The molecule has 2 rings (SSSR count). The molecule has 2 unspecified atom stereocenters. The Kier molecular flexibility index (Phi) is 5.87. The normalized spacial score (nSPS) is 19.9. The molecule has 1 aromatic heterocycles. The summed E-state index contributed by atoms with van der Waals surface area (Å²) < 4.78 is 5.99. The largest absolute Gasteiger partial charge is 0.377 e. The number of aryl methyl sites for hydroxylation is 1. The van der Waals surface area contributed by atoms with Gasteiger partial charge < -0.3 is 4.74 Å². The number of hydrogen-bond donors (Lipinski definition) is 2. The Balaban J connectivity index is 2.03. The van der Waals surface area contributed by atoms with E-state index in [1.807, 2.05) is 6.92 Å². The van der Waals surface area contributed by atoms with Gasteiger partial charge in [0.15, 0.2) is 5.82 Å². The maximum absolute atomic E-state index is 5.99. The van der Waals surface area contributed by atoms with Crippen molar-refractivity contribution in [1.82, 2.24) is 25.6 Å². The monoisotopic (exact) mass is 282 g/mol. The quantitative estimate of drug-likeness (QED) is 0.561. The number of nitrogens with zero attached hydrogens (tertiary/aromatic N) is 4. The van der Waals surface area contributed by atoms with E-state index in [-0.39, 0.29) is 12.1 Å². The second-order valence-corrected chi connectivity index (χ2v) is 5.49. The van der Waals surface area contributed by atoms with Crippen molar-refractivity contribution in [2.75, 3.05) is 6.61 Å². The van der Waals surface area contributed by atoms with E-state index in [2.05, 4.69) is 20.8 Å². The molecule has 0 saturated heterocycles. The number of ether oxygens (including phenoxy) is 1. The van der Waals surface area contributed by atoms with Crippen molar-refractivity contribution in [3.05, 3.63) is 5.82 Å². The van der Waals surface area contributed by atoms with E-state index in [1.165, 1.54) is 36.9 Å². The molecular formula is C13H26N6O. The average Bonchev–Trinajstić information content (AvgIpc) is 2.89. The fourth-order valence-corrected chi connectivity index (χ4v) is 3.11. The van der Waals surface area contributed by atoms with Crippen LogP contribution in [-0.2, 0) is 18.2 Å². The Labute approximate surface area is 120 Å². The van der Waals surface area contributed by atoms with Crippen molar-refractivity contribution < 1.29 is 4.74 Å². The Morgan fingerprint density at radius 3 is 2.70 bits per heavy atom. The Bertz CT molecular complexity index is 390. The average molecular weight is 282 g/mol. The molecule has 0 amide bonds. The highest BCUT2D eigenvalue weighted by molar-refractivity contribution is 4.91. The standard InChI is InChI=1S/C13H26N6O/c1-3-20-13(10-7-5-4-6-8-10)11(15-14)9-12-16-18-19(2)17-12/h10-11,13,15H,3-9,14H2,1-2H3. The van der Waals surface area contributed by atoms with Gasteiger partial charge in [0.2, 0.25) is 0 Å². The maximum atomic E-state index is 5.99. The van der Waals surface area contributed by atoms with Crippen LogP contribution >= 0.6 is 0 Å². The fourth-order valence-electron chi connectivity index (χ4n) is 3.11. The van der Waals surface area contributed by atoms with Crippen molar-refractivity contribution in [2.45, 2.75) is 57.6 Å². The van der Waals surface area contributed by atoms with E-state index >= 15 is 0 Å². The highest BCUT2D eigenvalue weighted by Gasteiger charge is 2.31. The highest BCUT2D eigenvalue weighted by atomic mass is 16.5. The Morgan fingerprint density at radius 1 is 1.40 bits per heavy atom. The zero-order valence-electron chi connectivity index (χ0n) is 12.5. The molecule has 0 aliphatic heterocycles. The predicted octanol–water partition coefficient (Wildman–Crippen LogP) is 0.570. The minimum Gasteiger partial charge on any atom is -0.377 e. The summed E-state index contributed by atoms with van der Waals surface area (Å²) in [6, 6.07) is 0.0299. The van der Waals surface area contributed by atoms with Crippen LogP contribution in [0.4, 0.5) is 0 Å². The molecule has 1 fully saturated rings. The topological polar surface area (TPSA) is 90.9 Å². The summed E-state index contributed by atoms with van der Waals surface area (Å²) >= 11 is 0. The molecule has 7 heteroatoms. The first kappa shape index (κ1) is 15.3. The van der Waals surface area contributed by atoms with Crippen LogP contribution < -0.4 is 11.3 Å². The summed E-state index contributed by atoms with van der Waals surface area (Å²) in [6.45, 7) is 2.73. The molecule has 20 heavy (non-hydrogen) atoms. The van der Waals surface area contributed by atoms with Gasteiger partial charge >= 0.3 is 0 Å². The second kappa shape index (κ2) is 7.66. The molecule has 2 atom stereocenters. The Morgan fingerprint density at radius 2 is 2.15 bits per heavy atom. The van der Waals surface area contributed by atoms with Gasteiger partial charge in [0.1, 0.15) is 0 Å². The van der Waals surface area contributed by atoms with Gasteiger partial charge in [-0.1, -0.05) is 19.3 Å². The van der Waals surface area contributed by atoms with Crippen molar-refractivity contribution in [2.24, 2.45) is 18.8 Å². The number of hydrazine groups is 1. The molecule has 3 N–H and O–H groups in total. The van der Waals surface area contributed by atoms with Crippen molar-refractivity contribution in [3.8, 4) is 0 Å². The van der Waals surface area contributed by atoms with Crippen molar-refractivity contribution >= 4 is 0 Å².